The van der Waals surface area contributed by atoms with Crippen molar-refractivity contribution in [2.24, 2.45) is 16.2 Å². The first-order valence-corrected chi connectivity index (χ1v) is 40.5. The van der Waals surface area contributed by atoms with Gasteiger partial charge in [0.2, 0.25) is 0 Å². The third-order valence-corrected chi connectivity index (χ3v) is 23.4. The van der Waals surface area contributed by atoms with Crippen LogP contribution < -0.4 is 34.6 Å². The van der Waals surface area contributed by atoms with Gasteiger partial charge in [0.1, 0.15) is 0 Å². The van der Waals surface area contributed by atoms with Crippen LogP contribution in [0.15, 0.2) is 0 Å². The van der Waals surface area contributed by atoms with Crippen molar-refractivity contribution in [1.82, 2.24) is 18.5 Å². The minimum Gasteiger partial charge on any atom is -0.367 e. The molecular weight excluding hydrogens is 1260 g/mol. The van der Waals surface area contributed by atoms with Crippen LogP contribution in [0.25, 0.3) is 0 Å². The van der Waals surface area contributed by atoms with Crippen LogP contribution in [0.1, 0.15) is 272 Å². The molecule has 0 unspecified atom stereocenters. The molecule has 0 aliphatic rings. The average Bonchev–Trinajstić information content (AvgIpc) is 3.12. The summed E-state index contributed by atoms with van der Waals surface area (Å²) in [4.78, 5) is 9.99. The fourth-order valence-electron chi connectivity index (χ4n) is 6.38. The van der Waals surface area contributed by atoms with Crippen LogP contribution in [0, 0.1) is 0 Å². The molecule has 0 saturated heterocycles. The highest BCUT2D eigenvalue weighted by molar-refractivity contribution is 6.68. The molecule has 0 aromatic carbocycles. The van der Waals surface area contributed by atoms with E-state index in [-0.39, 0.29) is 151 Å². The fraction of sp³-hybridized carbons (Fsp3) is 1.00. The molecule has 556 valence electrons. The van der Waals surface area contributed by atoms with E-state index in [1.165, 1.54) is 0 Å². The molecular formula is C57H154N6O20Si6. The maximum atomic E-state index is 9.99. The van der Waals surface area contributed by atoms with Gasteiger partial charge in [0, 0.05) is 110 Å². The third kappa shape index (κ3) is 70.9. The molecule has 0 aliphatic carbocycles. The van der Waals surface area contributed by atoms with Crippen molar-refractivity contribution in [3.63, 3.8) is 0 Å². The molecule has 0 atom stereocenters. The predicted octanol–water partition coefficient (Wildman–Crippen LogP) is 13.5. The molecule has 0 rings (SSSR count). The molecule has 26 nitrogen and oxygen atoms in total. The SMILES string of the molecule is C.C.C.CC(C)O[Si](N)(OC(C)C)OC(C)C.CC(C)O[Si](N)(OC(C)C)OC(C)C.CC(C)O[Si](N)(OC(C)C)OC(C)C.CC(C)O[Si](O)(OC(C)C)OC(C)C.CC(C)O[Si](OC(C)C)(OC(C)C)O[Si](OC(C)C)(OC(C)C)OC(C)C.N.N.N. The van der Waals surface area contributed by atoms with Gasteiger partial charge in [-0.25, -0.2) is 0 Å². The zero-order chi connectivity index (χ0) is 66.8. The largest absolute Gasteiger partial charge is 0.677 e. The molecule has 16 N–H and O–H groups in total. The van der Waals surface area contributed by atoms with E-state index < -0.39 is 54.0 Å². The topological polar surface area (TPSA) is 379 Å². The molecule has 0 aromatic rings. The Morgan fingerprint density at radius 1 is 0.191 bits per heavy atom. The fourth-order valence-corrected chi connectivity index (χ4v) is 20.9. The Labute approximate surface area is 556 Å². The Morgan fingerprint density at radius 3 is 0.360 bits per heavy atom. The van der Waals surface area contributed by atoms with Gasteiger partial charge in [-0.05, 0) is 249 Å². The summed E-state index contributed by atoms with van der Waals surface area (Å²) in [6.07, 6.45) is -1.17. The van der Waals surface area contributed by atoms with Crippen molar-refractivity contribution in [2.75, 3.05) is 0 Å². The molecule has 0 aromatic heterocycles. The summed E-state index contributed by atoms with van der Waals surface area (Å²) in [5.41, 5.74) is 0. The standard InChI is InChI=1S/C18H42O7Si2.3C9H23NO3Si.C9H22O4Si.3CH4.3H3N/c1-13(2)19-26(20-14(3)4,21-15(5)6)25-27(22-16(7)8,23-17(9)10)24-18(11)12;4*1-7(2)11-14(10,12-8(3)4)13-9(5)6;;;;;;/h13-18H,1-12H3;3*7-9H,10H2,1-6H3;7-10H,1-6H3;3*1H4;3*1H3. The van der Waals surface area contributed by atoms with Gasteiger partial charge in [-0.2, -0.15) is 0 Å². The second-order valence-corrected chi connectivity index (χ2v) is 36.2. The first-order chi connectivity index (χ1) is 37.2. The number of hydrogen-bond donors (Lipinski definition) is 7. The Kier molecular flexibility index (Phi) is 71.8. The second-order valence-electron chi connectivity index (χ2n) is 24.4. The Balaban J connectivity index is -0.0000000964. The average molecular weight is 1410 g/mol. The molecule has 32 heteroatoms. The van der Waals surface area contributed by atoms with Crippen molar-refractivity contribution in [2.45, 2.75) is 381 Å². The summed E-state index contributed by atoms with van der Waals surface area (Å²) < 4.78 is 109. The van der Waals surface area contributed by atoms with E-state index in [4.69, 9.17) is 100.0 Å². The summed E-state index contributed by atoms with van der Waals surface area (Å²) in [6.45, 7) is 68.5. The minimum atomic E-state index is -3.63. The highest BCUT2D eigenvalue weighted by Crippen LogP contribution is 2.29. The zero-order valence-corrected chi connectivity index (χ0v) is 67.4. The molecule has 0 heterocycles. The van der Waals surface area contributed by atoms with E-state index in [0.717, 1.165) is 0 Å². The van der Waals surface area contributed by atoms with Crippen LogP contribution in [-0.4, -0.2) is 169 Å². The first-order valence-electron chi connectivity index (χ1n) is 30.2. The van der Waals surface area contributed by atoms with Gasteiger partial charge in [-0.3, -0.25) is 16.2 Å². The van der Waals surface area contributed by atoms with Crippen LogP contribution in [0.4, 0.5) is 0 Å². The zero-order valence-electron chi connectivity index (χ0n) is 61.4. The van der Waals surface area contributed by atoms with E-state index in [1.807, 2.05) is 249 Å². The molecule has 0 fully saturated rings. The summed E-state index contributed by atoms with van der Waals surface area (Å²) in [5, 5.41) is 17.9. The molecule has 0 radical (unpaired) electrons. The van der Waals surface area contributed by atoms with Crippen molar-refractivity contribution in [1.29, 1.82) is 0 Å². The summed E-state index contributed by atoms with van der Waals surface area (Å²) in [6, 6.07) is 0. The smallest absolute Gasteiger partial charge is 0.367 e. The Morgan fingerprint density at radius 2 is 0.281 bits per heavy atom. The van der Waals surface area contributed by atoms with Crippen LogP contribution in [0.3, 0.4) is 0 Å². The third-order valence-electron chi connectivity index (χ3n) is 7.28. The monoisotopic (exact) mass is 1410 g/mol. The van der Waals surface area contributed by atoms with Gasteiger partial charge in [0.15, 0.2) is 0 Å². The predicted molar refractivity (Wildman–Crippen MR) is 378 cm³/mol. The van der Waals surface area contributed by atoms with E-state index >= 15 is 0 Å². The van der Waals surface area contributed by atoms with Crippen LogP contribution >= 0.6 is 0 Å². The van der Waals surface area contributed by atoms with Gasteiger partial charge in [-0.15, -0.1) is 0 Å². The van der Waals surface area contributed by atoms with Crippen molar-refractivity contribution < 1.29 is 88.6 Å². The van der Waals surface area contributed by atoms with Crippen molar-refractivity contribution in [3.8, 4) is 0 Å². The Bertz CT molecular complexity index is 1210. The highest BCUT2D eigenvalue weighted by Gasteiger charge is 2.62. The number of rotatable bonds is 38. The molecule has 0 saturated carbocycles. The minimum absolute atomic E-state index is 0. The lowest BCUT2D eigenvalue weighted by Crippen LogP contribution is -2.65. The maximum absolute atomic E-state index is 9.99. The normalized spacial score (nSPS) is 12.6. The molecule has 0 bridgehead atoms. The summed E-state index contributed by atoms with van der Waals surface area (Å²) in [7, 11) is -19.5. The van der Waals surface area contributed by atoms with Gasteiger partial charge in [-0.1, -0.05) is 22.3 Å². The molecule has 89 heavy (non-hydrogen) atoms. The van der Waals surface area contributed by atoms with E-state index in [9.17, 15) is 4.80 Å². The lowest BCUT2D eigenvalue weighted by atomic mass is 10.5. The summed E-state index contributed by atoms with van der Waals surface area (Å²) in [5.74, 6) is 0. The maximum Gasteiger partial charge on any atom is 0.677 e. The lowest BCUT2D eigenvalue weighted by molar-refractivity contribution is -0.108. The quantitative estimate of drug-likeness (QED) is 0.0282. The number of hydrogen-bond acceptors (Lipinski definition) is 26. The lowest BCUT2D eigenvalue weighted by Gasteiger charge is -2.40. The second kappa shape index (κ2) is 56.3. The van der Waals surface area contributed by atoms with Crippen LogP contribution in [-0.2, 0) is 83.8 Å². The molecule has 0 aliphatic heterocycles. The van der Waals surface area contributed by atoms with Gasteiger partial charge >= 0.3 is 54.0 Å². The van der Waals surface area contributed by atoms with Gasteiger partial charge < -0.3 is 107 Å². The van der Waals surface area contributed by atoms with E-state index in [0.29, 0.717) is 0 Å². The van der Waals surface area contributed by atoms with Gasteiger partial charge in [0.05, 0.1) is 0 Å². The van der Waals surface area contributed by atoms with Crippen LogP contribution in [0.2, 0.25) is 0 Å². The highest BCUT2D eigenvalue weighted by atomic mass is 28.5. The molecule has 0 spiro atoms. The van der Waals surface area contributed by atoms with E-state index in [2.05, 4.69) is 0 Å². The first kappa shape index (κ1) is 114. The van der Waals surface area contributed by atoms with Crippen molar-refractivity contribution >= 4 is 54.0 Å². The Hall–Kier alpha value is 0.261. The van der Waals surface area contributed by atoms with Gasteiger partial charge in [0.25, 0.3) is 0 Å². The van der Waals surface area contributed by atoms with E-state index in [1.54, 1.807) is 0 Å². The van der Waals surface area contributed by atoms with Crippen molar-refractivity contribution in [3.05, 3.63) is 0 Å². The van der Waals surface area contributed by atoms with Crippen LogP contribution in [0.5, 0.6) is 0 Å². The molecule has 0 amide bonds. The number of nitrogens with two attached hydrogens (primary N) is 3. The summed E-state index contributed by atoms with van der Waals surface area (Å²) >= 11 is 0.